The molecule has 1 aliphatic rings. The van der Waals surface area contributed by atoms with Gasteiger partial charge in [0.1, 0.15) is 5.71 Å². The molecule has 4 N–H and O–H groups in total. The van der Waals surface area contributed by atoms with E-state index in [0.717, 1.165) is 17.1 Å². The summed E-state index contributed by atoms with van der Waals surface area (Å²) in [6.45, 7) is 3.33. The Bertz CT molecular complexity index is 986. The van der Waals surface area contributed by atoms with Gasteiger partial charge < -0.3 is 16.2 Å². The van der Waals surface area contributed by atoms with E-state index < -0.39 is 29.9 Å². The van der Waals surface area contributed by atoms with Crippen LogP contribution in [-0.2, 0) is 11.0 Å². The van der Waals surface area contributed by atoms with E-state index in [1.165, 1.54) is 41.5 Å². The molecule has 2 aromatic rings. The van der Waals surface area contributed by atoms with Gasteiger partial charge in [0.15, 0.2) is 12.0 Å². The Morgan fingerprint density at radius 1 is 1.38 bits per heavy atom. The number of hydrogen-bond donors (Lipinski definition) is 3. The molecule has 1 unspecified atom stereocenters. The van der Waals surface area contributed by atoms with Crippen LogP contribution in [0.25, 0.3) is 0 Å². The van der Waals surface area contributed by atoms with Gasteiger partial charge >= 0.3 is 6.18 Å². The first-order valence-corrected chi connectivity index (χ1v) is 9.37. The van der Waals surface area contributed by atoms with Crippen LogP contribution in [0.15, 0.2) is 40.8 Å². The van der Waals surface area contributed by atoms with Crippen LogP contribution in [0.2, 0.25) is 0 Å². The molecule has 0 radical (unpaired) electrons. The van der Waals surface area contributed by atoms with E-state index >= 15 is 0 Å². The zero-order valence-corrected chi connectivity index (χ0v) is 16.3. The minimum absolute atomic E-state index is 0.0206. The molecule has 1 aliphatic heterocycles. The number of hydrazone groups is 1. The number of carbonyl (C=O) groups is 1. The molecule has 0 saturated carbocycles. The number of nitrogens with two attached hydrogens (primary N) is 1. The van der Waals surface area contributed by atoms with Gasteiger partial charge in [-0.3, -0.25) is 4.79 Å². The summed E-state index contributed by atoms with van der Waals surface area (Å²) in [5.74, 6) is -0.234. The molecule has 2 heterocycles. The summed E-state index contributed by atoms with van der Waals surface area (Å²) in [7, 11) is 0. The van der Waals surface area contributed by atoms with Crippen molar-refractivity contribution in [1.82, 2.24) is 10.3 Å². The maximum absolute atomic E-state index is 13.0. The summed E-state index contributed by atoms with van der Waals surface area (Å²) in [4.78, 5) is 16.8. The number of nitrogens with zero attached hydrogens (tertiary/aromatic N) is 3. The van der Waals surface area contributed by atoms with Crippen molar-refractivity contribution in [3.63, 3.8) is 0 Å². The van der Waals surface area contributed by atoms with E-state index in [0.29, 0.717) is 5.82 Å². The molecule has 1 aromatic carbocycles. The lowest BCUT2D eigenvalue weighted by molar-refractivity contribution is -0.137. The Kier molecular flexibility index (Phi) is 5.62. The van der Waals surface area contributed by atoms with E-state index in [-0.39, 0.29) is 17.0 Å². The molecule has 0 aliphatic carbocycles. The average molecular weight is 425 g/mol. The minimum atomic E-state index is -4.55. The maximum atomic E-state index is 13.0. The molecule has 3 rings (SSSR count). The summed E-state index contributed by atoms with van der Waals surface area (Å²) in [6, 6.07) is 2.38. The zero-order valence-electron chi connectivity index (χ0n) is 15.4. The van der Waals surface area contributed by atoms with Crippen LogP contribution in [-0.4, -0.2) is 27.9 Å². The number of alkyl halides is 3. The molecule has 11 heteroatoms. The van der Waals surface area contributed by atoms with Crippen molar-refractivity contribution in [2.24, 2.45) is 5.10 Å². The number of benzene rings is 1. The van der Waals surface area contributed by atoms with Crippen molar-refractivity contribution in [2.45, 2.75) is 32.3 Å². The van der Waals surface area contributed by atoms with Crippen LogP contribution >= 0.6 is 11.3 Å². The number of aryl methyl sites for hydroxylation is 1. The molecule has 7 nitrogen and oxygen atoms in total. The van der Waals surface area contributed by atoms with Crippen LogP contribution < -0.4 is 16.1 Å². The Morgan fingerprint density at radius 3 is 2.72 bits per heavy atom. The number of nitrogen functional groups attached to an aromatic ring is 1. The number of amides is 1. The Morgan fingerprint density at radius 2 is 2.10 bits per heavy atom. The second-order valence-electron chi connectivity index (χ2n) is 6.41. The van der Waals surface area contributed by atoms with E-state index in [1.807, 2.05) is 0 Å². The third-order valence-electron chi connectivity index (χ3n) is 4.12. The Labute approximate surface area is 168 Å². The van der Waals surface area contributed by atoms with Crippen molar-refractivity contribution in [2.75, 3.05) is 10.7 Å². The SMILES string of the molecule is Cc1nc(N2N=C(C(=O)N[C@H](C)c3cc(N)cc(C(F)(F)F)c3)C=CC2O)cs1. The number of rotatable bonds is 4. The fourth-order valence-electron chi connectivity index (χ4n) is 2.68. The molecule has 154 valence electrons. The summed E-state index contributed by atoms with van der Waals surface area (Å²) >= 11 is 1.36. The van der Waals surface area contributed by atoms with Crippen LogP contribution in [0.3, 0.4) is 0 Å². The molecular weight excluding hydrogens is 407 g/mol. The Balaban J connectivity index is 1.79. The highest BCUT2D eigenvalue weighted by Gasteiger charge is 2.32. The van der Waals surface area contributed by atoms with Gasteiger partial charge in [-0.2, -0.15) is 18.3 Å². The highest BCUT2D eigenvalue weighted by molar-refractivity contribution is 7.09. The van der Waals surface area contributed by atoms with Crippen molar-refractivity contribution in [3.8, 4) is 0 Å². The third-order valence-corrected chi connectivity index (χ3v) is 4.88. The number of aliphatic hydroxyl groups excluding tert-OH is 1. The molecule has 2 atom stereocenters. The highest BCUT2D eigenvalue weighted by Crippen LogP contribution is 2.32. The van der Waals surface area contributed by atoms with Crippen LogP contribution in [0, 0.1) is 6.92 Å². The van der Waals surface area contributed by atoms with E-state index in [9.17, 15) is 23.1 Å². The molecule has 0 bridgehead atoms. The van der Waals surface area contributed by atoms with Gasteiger partial charge in [-0.15, -0.1) is 11.3 Å². The number of halogens is 3. The van der Waals surface area contributed by atoms with Crippen LogP contribution in [0.4, 0.5) is 24.7 Å². The van der Waals surface area contributed by atoms with E-state index in [2.05, 4.69) is 15.4 Å². The minimum Gasteiger partial charge on any atom is -0.399 e. The maximum Gasteiger partial charge on any atom is 0.416 e. The number of thiazole rings is 1. The predicted molar refractivity (Wildman–Crippen MR) is 104 cm³/mol. The molecule has 1 aromatic heterocycles. The Hall–Kier alpha value is -2.92. The largest absolute Gasteiger partial charge is 0.416 e. The second-order valence-corrected chi connectivity index (χ2v) is 7.47. The number of nitrogens with one attached hydrogen (secondary N) is 1. The fourth-order valence-corrected chi connectivity index (χ4v) is 3.26. The molecule has 1 amide bonds. The molecular formula is C18H18F3N5O2S. The lowest BCUT2D eigenvalue weighted by Crippen LogP contribution is -2.39. The van der Waals surface area contributed by atoms with Gasteiger partial charge in [-0.1, -0.05) is 0 Å². The smallest absolute Gasteiger partial charge is 0.399 e. The van der Waals surface area contributed by atoms with Gasteiger partial charge in [0, 0.05) is 11.1 Å². The van der Waals surface area contributed by atoms with Crippen LogP contribution in [0.1, 0.15) is 29.1 Å². The van der Waals surface area contributed by atoms with Crippen molar-refractivity contribution in [3.05, 3.63) is 51.9 Å². The monoisotopic (exact) mass is 425 g/mol. The van der Waals surface area contributed by atoms with Crippen molar-refractivity contribution >= 4 is 34.5 Å². The van der Waals surface area contributed by atoms with Crippen LogP contribution in [0.5, 0.6) is 0 Å². The molecule has 29 heavy (non-hydrogen) atoms. The van der Waals surface area contributed by atoms with Gasteiger partial charge in [0.25, 0.3) is 5.91 Å². The molecule has 0 fully saturated rings. The average Bonchev–Trinajstić information content (AvgIpc) is 3.06. The summed E-state index contributed by atoms with van der Waals surface area (Å²) in [5.41, 5.74) is 4.82. The first kappa shape index (κ1) is 20.8. The summed E-state index contributed by atoms with van der Waals surface area (Å²) < 4.78 is 39.0. The lowest BCUT2D eigenvalue weighted by Gasteiger charge is -2.25. The van der Waals surface area contributed by atoms with E-state index in [4.69, 9.17) is 5.73 Å². The summed E-state index contributed by atoms with van der Waals surface area (Å²) in [6.07, 6.45) is -2.94. The lowest BCUT2D eigenvalue weighted by atomic mass is 10.0. The quantitative estimate of drug-likeness (QED) is 0.654. The number of hydrogen-bond acceptors (Lipinski definition) is 7. The van der Waals surface area contributed by atoms with Crippen molar-refractivity contribution in [1.29, 1.82) is 0 Å². The standard InChI is InChI=1S/C18H18F3N5O2S/c1-9(11-5-12(18(19,20)21)7-13(22)6-11)23-17(28)14-3-4-16(27)26(25-14)15-8-29-10(2)24-15/h3-9,16,27H,22H2,1-2H3,(H,23,28)/t9-,16?/m1/s1. The van der Waals surface area contributed by atoms with Crippen molar-refractivity contribution < 1.29 is 23.1 Å². The molecule has 0 spiro atoms. The van der Waals surface area contributed by atoms with Gasteiger partial charge in [-0.25, -0.2) is 9.99 Å². The number of carbonyl (C=O) groups excluding carboxylic acids is 1. The third kappa shape index (κ3) is 4.74. The predicted octanol–water partition coefficient (Wildman–Crippen LogP) is 2.98. The normalized spacial score (nSPS) is 17.8. The fraction of sp³-hybridized carbons (Fsp3) is 0.278. The summed E-state index contributed by atoms with van der Waals surface area (Å²) in [5, 5.41) is 20.4. The first-order chi connectivity index (χ1) is 13.5. The number of aliphatic hydroxyl groups is 1. The zero-order chi connectivity index (χ0) is 21.3. The number of anilines is 2. The number of aromatic nitrogens is 1. The van der Waals surface area contributed by atoms with E-state index in [1.54, 1.807) is 12.3 Å². The molecule has 0 saturated heterocycles. The first-order valence-electron chi connectivity index (χ1n) is 8.49. The topological polar surface area (TPSA) is 104 Å². The van der Waals surface area contributed by atoms with Gasteiger partial charge in [0.2, 0.25) is 0 Å². The van der Waals surface area contributed by atoms with Gasteiger partial charge in [-0.05, 0) is 49.8 Å². The second kappa shape index (κ2) is 7.84. The highest BCUT2D eigenvalue weighted by atomic mass is 32.1. The van der Waals surface area contributed by atoms with Gasteiger partial charge in [0.05, 0.1) is 16.6 Å².